The molecule has 0 saturated heterocycles. The van der Waals surface area contributed by atoms with Crippen LogP contribution in [-0.4, -0.2) is 15.0 Å². The topological polar surface area (TPSA) is 65.0 Å². The van der Waals surface area contributed by atoms with Gasteiger partial charge in [-0.2, -0.15) is 0 Å². The number of para-hydroxylation sites is 1. The highest BCUT2D eigenvalue weighted by Gasteiger charge is 2.39. The van der Waals surface area contributed by atoms with Crippen LogP contribution in [0.5, 0.6) is 11.5 Å². The Kier molecular flexibility index (Phi) is 6.70. The van der Waals surface area contributed by atoms with Gasteiger partial charge in [-0.15, -0.1) is 0 Å². The lowest BCUT2D eigenvalue weighted by atomic mass is 9.78. The van der Waals surface area contributed by atoms with Crippen LogP contribution in [0, 0.1) is 11.8 Å². The minimum Gasteiger partial charge on any atom is -0.456 e. The summed E-state index contributed by atoms with van der Waals surface area (Å²) in [5.41, 5.74) is 3.84. The van der Waals surface area contributed by atoms with Crippen molar-refractivity contribution < 1.29 is 9.30 Å². The molecule has 6 heteroatoms. The number of benzene rings is 5. The fourth-order valence-electron chi connectivity index (χ4n) is 7.08. The molecule has 0 saturated carbocycles. The van der Waals surface area contributed by atoms with Crippen molar-refractivity contribution in [3.63, 3.8) is 0 Å². The number of fused-ring (bicyclic) bond motifs is 4. The van der Waals surface area contributed by atoms with Crippen LogP contribution >= 0.6 is 7.14 Å². The largest absolute Gasteiger partial charge is 0.456 e. The summed E-state index contributed by atoms with van der Waals surface area (Å²) >= 11 is 0. The number of allylic oxidation sites excluding steroid dienone is 8. The van der Waals surface area contributed by atoms with E-state index in [4.69, 9.17) is 19.7 Å². The standard InChI is InChI=1S/C42H30N3O2P/c1-27-22-24-35(33-18-8-7-16-31(27)33)42-44-40(43-41(45-42)34-19-11-13-28-12-5-6-17-32(28)34)29-23-25-37-39(26-29)48(46,30-14-3-2-4-15-30)38-21-10-9-20-36(38)47-37/h2-27,31H,1H3. The van der Waals surface area contributed by atoms with Gasteiger partial charge in [-0.25, -0.2) is 15.0 Å². The lowest BCUT2D eigenvalue weighted by Crippen LogP contribution is -2.30. The summed E-state index contributed by atoms with van der Waals surface area (Å²) in [5.74, 6) is 3.50. The maximum atomic E-state index is 15.4. The van der Waals surface area contributed by atoms with Crippen LogP contribution in [-0.2, 0) is 4.57 Å². The molecule has 0 bridgehead atoms. The molecule has 0 radical (unpaired) electrons. The second-order valence-electron chi connectivity index (χ2n) is 12.4. The molecule has 3 atom stereocenters. The van der Waals surface area contributed by atoms with Crippen LogP contribution in [0.1, 0.15) is 12.7 Å². The lowest BCUT2D eigenvalue weighted by molar-refractivity contribution is 0.485. The Labute approximate surface area is 279 Å². The van der Waals surface area contributed by atoms with Gasteiger partial charge in [0.05, 0.1) is 10.6 Å². The third kappa shape index (κ3) is 4.54. The quantitative estimate of drug-likeness (QED) is 0.180. The molecule has 0 fully saturated rings. The van der Waals surface area contributed by atoms with Gasteiger partial charge in [-0.3, -0.25) is 0 Å². The van der Waals surface area contributed by atoms with E-state index in [-0.39, 0.29) is 5.92 Å². The Bertz CT molecular complexity index is 2440. The summed E-state index contributed by atoms with van der Waals surface area (Å²) in [6, 6.07) is 37.6. The van der Waals surface area contributed by atoms with E-state index in [0.29, 0.717) is 45.5 Å². The molecule has 0 amide bonds. The molecule has 9 rings (SSSR count). The smallest absolute Gasteiger partial charge is 0.178 e. The zero-order chi connectivity index (χ0) is 32.2. The monoisotopic (exact) mass is 639 g/mol. The van der Waals surface area contributed by atoms with Gasteiger partial charge in [-0.1, -0.05) is 128 Å². The predicted molar refractivity (Wildman–Crippen MR) is 195 cm³/mol. The SMILES string of the molecule is CC1C=CC(c2nc(-c3ccc4c(c3)P(=O)(c3ccccc3)c3ccccc3O4)nc(-c3cccc4ccccc34)n2)=C2C=CC=CC21. The first-order valence-corrected chi connectivity index (χ1v) is 17.9. The van der Waals surface area contributed by atoms with E-state index in [0.717, 1.165) is 32.8 Å². The predicted octanol–water partition coefficient (Wildman–Crippen LogP) is 8.81. The second-order valence-corrected chi connectivity index (χ2v) is 15.1. The highest BCUT2D eigenvalue weighted by molar-refractivity contribution is 7.85. The Morgan fingerprint density at radius 1 is 0.646 bits per heavy atom. The average Bonchev–Trinajstić information content (AvgIpc) is 3.15. The minimum atomic E-state index is -3.29. The Morgan fingerprint density at radius 3 is 2.31 bits per heavy atom. The highest BCUT2D eigenvalue weighted by atomic mass is 31.2. The summed E-state index contributed by atoms with van der Waals surface area (Å²) in [6.45, 7) is 2.24. The maximum absolute atomic E-state index is 15.4. The molecule has 2 heterocycles. The van der Waals surface area contributed by atoms with E-state index >= 15 is 4.57 Å². The van der Waals surface area contributed by atoms with Crippen molar-refractivity contribution in [2.75, 3.05) is 0 Å². The molecule has 5 nitrogen and oxygen atoms in total. The molecule has 0 spiro atoms. The lowest BCUT2D eigenvalue weighted by Gasteiger charge is -2.29. The first-order chi connectivity index (χ1) is 23.6. The first-order valence-electron chi connectivity index (χ1n) is 16.2. The number of aromatic nitrogens is 3. The van der Waals surface area contributed by atoms with Crippen LogP contribution in [0.4, 0.5) is 0 Å². The highest BCUT2D eigenvalue weighted by Crippen LogP contribution is 2.52. The van der Waals surface area contributed by atoms with Gasteiger partial charge in [0.25, 0.3) is 0 Å². The number of hydrogen-bond acceptors (Lipinski definition) is 5. The molecular formula is C42H30N3O2P. The van der Waals surface area contributed by atoms with Crippen molar-refractivity contribution in [3.05, 3.63) is 163 Å². The van der Waals surface area contributed by atoms with Crippen LogP contribution in [0.25, 0.3) is 39.1 Å². The van der Waals surface area contributed by atoms with Crippen LogP contribution < -0.4 is 20.7 Å². The van der Waals surface area contributed by atoms with E-state index in [1.807, 2.05) is 91.0 Å². The summed E-state index contributed by atoms with van der Waals surface area (Å²) < 4.78 is 21.8. The molecule has 3 aliphatic rings. The number of hydrogen-bond donors (Lipinski definition) is 0. The van der Waals surface area contributed by atoms with Gasteiger partial charge < -0.3 is 9.30 Å². The van der Waals surface area contributed by atoms with Crippen LogP contribution in [0.15, 0.2) is 157 Å². The van der Waals surface area contributed by atoms with Crippen molar-refractivity contribution in [3.8, 4) is 34.3 Å². The van der Waals surface area contributed by atoms with Crippen LogP contribution in [0.2, 0.25) is 0 Å². The second kappa shape index (κ2) is 11.3. The third-order valence-electron chi connectivity index (χ3n) is 9.52. The fraction of sp³-hybridized carbons (Fsp3) is 0.0714. The molecule has 1 aromatic heterocycles. The van der Waals surface area contributed by atoms with Crippen molar-refractivity contribution in [1.82, 2.24) is 15.0 Å². The average molecular weight is 640 g/mol. The van der Waals surface area contributed by atoms with Gasteiger partial charge in [0.1, 0.15) is 11.5 Å². The maximum Gasteiger partial charge on any atom is 0.178 e. The van der Waals surface area contributed by atoms with Crippen molar-refractivity contribution in [2.24, 2.45) is 11.8 Å². The normalized spacial score (nSPS) is 20.6. The van der Waals surface area contributed by atoms with E-state index < -0.39 is 7.14 Å². The minimum absolute atomic E-state index is 0.244. The molecule has 2 aliphatic carbocycles. The molecular weight excluding hydrogens is 609 g/mol. The fourth-order valence-corrected chi connectivity index (χ4v) is 9.96. The van der Waals surface area contributed by atoms with E-state index in [9.17, 15) is 0 Å². The Balaban J connectivity index is 1.28. The summed E-state index contributed by atoms with van der Waals surface area (Å²) in [5, 5.41) is 4.25. The number of rotatable bonds is 4. The van der Waals surface area contributed by atoms with Crippen molar-refractivity contribution in [2.45, 2.75) is 6.92 Å². The Hall–Kier alpha value is -5.64. The summed E-state index contributed by atoms with van der Waals surface area (Å²) in [4.78, 5) is 15.4. The van der Waals surface area contributed by atoms with Crippen molar-refractivity contribution in [1.29, 1.82) is 0 Å². The molecule has 3 unspecified atom stereocenters. The van der Waals surface area contributed by atoms with E-state index in [1.54, 1.807) is 0 Å². The molecule has 230 valence electrons. The van der Waals surface area contributed by atoms with Gasteiger partial charge in [-0.05, 0) is 52.6 Å². The molecule has 0 N–H and O–H groups in total. The van der Waals surface area contributed by atoms with Gasteiger partial charge in [0.15, 0.2) is 24.6 Å². The van der Waals surface area contributed by atoms with Gasteiger partial charge in [0, 0.05) is 27.9 Å². The number of ether oxygens (including phenoxy) is 1. The van der Waals surface area contributed by atoms with E-state index in [2.05, 4.69) is 67.6 Å². The molecule has 5 aromatic carbocycles. The summed E-state index contributed by atoms with van der Waals surface area (Å²) in [7, 11) is -3.29. The molecule has 1 aliphatic heterocycles. The number of nitrogens with zero attached hydrogens (tertiary/aromatic N) is 3. The molecule has 48 heavy (non-hydrogen) atoms. The van der Waals surface area contributed by atoms with Crippen LogP contribution in [0.3, 0.4) is 0 Å². The zero-order valence-corrected chi connectivity index (χ0v) is 27.1. The third-order valence-corrected chi connectivity index (χ3v) is 12.6. The first kappa shape index (κ1) is 28.6. The van der Waals surface area contributed by atoms with Gasteiger partial charge in [0.2, 0.25) is 0 Å². The zero-order valence-electron chi connectivity index (χ0n) is 26.2. The van der Waals surface area contributed by atoms with Gasteiger partial charge >= 0.3 is 0 Å². The van der Waals surface area contributed by atoms with E-state index in [1.165, 1.54) is 5.57 Å². The van der Waals surface area contributed by atoms with Crippen molar-refractivity contribution >= 4 is 39.4 Å². The Morgan fingerprint density at radius 2 is 1.40 bits per heavy atom. The summed E-state index contributed by atoms with van der Waals surface area (Å²) in [6.07, 6.45) is 13.0. The molecule has 6 aromatic rings.